The Labute approximate surface area is 215 Å². The Kier molecular flexibility index (Phi) is 5.96. The molecule has 0 aliphatic carbocycles. The van der Waals surface area contributed by atoms with Gasteiger partial charge in [0.25, 0.3) is 0 Å². The average molecular weight is 489 g/mol. The lowest BCUT2D eigenvalue weighted by Gasteiger charge is -2.30. The van der Waals surface area contributed by atoms with Crippen LogP contribution in [0.15, 0.2) is 61.2 Å². The zero-order chi connectivity index (χ0) is 25.4. The highest BCUT2D eigenvalue weighted by atomic mass is 15.3. The number of nitriles is 2. The van der Waals surface area contributed by atoms with Crippen LogP contribution in [0.2, 0.25) is 0 Å². The summed E-state index contributed by atoms with van der Waals surface area (Å²) in [6, 6.07) is 16.7. The molecule has 6 heterocycles. The Morgan fingerprint density at radius 2 is 1.54 bits per heavy atom. The number of hydrogen-bond donors (Lipinski definition) is 0. The zero-order valence-electron chi connectivity index (χ0n) is 20.9. The molecule has 0 bridgehead atoms. The number of nitrogens with zero attached hydrogens (tertiary/aromatic N) is 8. The van der Waals surface area contributed by atoms with Crippen LogP contribution in [0.3, 0.4) is 0 Å². The van der Waals surface area contributed by atoms with Crippen LogP contribution in [0.1, 0.15) is 47.2 Å². The summed E-state index contributed by atoms with van der Waals surface area (Å²) in [7, 11) is 0. The molecular formula is C29H28N8. The normalized spacial score (nSPS) is 15.2. The minimum Gasteiger partial charge on any atom is -0.322 e. The van der Waals surface area contributed by atoms with Gasteiger partial charge in [-0.2, -0.15) is 10.5 Å². The van der Waals surface area contributed by atoms with E-state index in [0.29, 0.717) is 30.1 Å². The molecule has 0 fully saturated rings. The molecule has 8 nitrogen and oxygen atoms in total. The molecule has 1 atom stereocenters. The Hall–Kier alpha value is -4.40. The average Bonchev–Trinajstić information content (AvgIpc) is 3.60. The van der Waals surface area contributed by atoms with Crippen LogP contribution < -0.4 is 0 Å². The van der Waals surface area contributed by atoms with Crippen molar-refractivity contribution >= 4 is 11.0 Å². The first-order valence-electron chi connectivity index (χ1n) is 12.8. The topological polar surface area (TPSA) is 90.3 Å². The van der Waals surface area contributed by atoms with Crippen LogP contribution in [-0.2, 0) is 32.5 Å². The lowest BCUT2D eigenvalue weighted by Crippen LogP contribution is -2.34. The van der Waals surface area contributed by atoms with Gasteiger partial charge in [-0.25, -0.2) is 0 Å². The number of aryl methyl sites for hydroxylation is 2. The highest BCUT2D eigenvalue weighted by Gasteiger charge is 2.26. The van der Waals surface area contributed by atoms with Gasteiger partial charge in [0.05, 0.1) is 22.2 Å². The maximum atomic E-state index is 10.0. The summed E-state index contributed by atoms with van der Waals surface area (Å²) in [5.74, 6) is 2.55. The SMILES string of the molecule is CCc1nnc2n1CC(CN(Cc1cn3ccccc3c1C#N)Cc1cn3ccccc3c1C#N)CC2. The molecule has 0 saturated carbocycles. The van der Waals surface area contributed by atoms with Gasteiger partial charge in [-0.1, -0.05) is 19.1 Å². The van der Waals surface area contributed by atoms with Crippen molar-refractivity contribution < 1.29 is 0 Å². The molecule has 1 unspecified atom stereocenters. The second-order valence-electron chi connectivity index (χ2n) is 9.84. The Morgan fingerprint density at radius 3 is 2.11 bits per heavy atom. The molecule has 5 aromatic heterocycles. The van der Waals surface area contributed by atoms with Crippen molar-refractivity contribution in [1.82, 2.24) is 28.5 Å². The van der Waals surface area contributed by atoms with Gasteiger partial charge in [0.15, 0.2) is 0 Å². The number of pyridine rings is 2. The molecule has 0 amide bonds. The third-order valence-electron chi connectivity index (χ3n) is 7.49. The Balaban J connectivity index is 1.34. The summed E-state index contributed by atoms with van der Waals surface area (Å²) in [5.41, 5.74) is 5.28. The molecule has 184 valence electrons. The van der Waals surface area contributed by atoms with E-state index in [2.05, 4.69) is 51.1 Å². The molecule has 0 spiro atoms. The van der Waals surface area contributed by atoms with E-state index in [1.54, 1.807) is 0 Å². The Morgan fingerprint density at radius 1 is 0.919 bits per heavy atom. The van der Waals surface area contributed by atoms with E-state index in [9.17, 15) is 10.5 Å². The monoisotopic (exact) mass is 488 g/mol. The summed E-state index contributed by atoms with van der Waals surface area (Å²) in [5, 5.41) is 28.8. The third-order valence-corrected chi connectivity index (χ3v) is 7.49. The molecule has 1 aliphatic heterocycles. The lowest BCUT2D eigenvalue weighted by atomic mass is 9.97. The van der Waals surface area contributed by atoms with E-state index in [0.717, 1.165) is 66.2 Å². The summed E-state index contributed by atoms with van der Waals surface area (Å²) in [6.07, 6.45) is 10.9. The second-order valence-corrected chi connectivity index (χ2v) is 9.84. The van der Waals surface area contributed by atoms with Crippen molar-refractivity contribution in [1.29, 1.82) is 10.5 Å². The first-order chi connectivity index (χ1) is 18.2. The quantitative estimate of drug-likeness (QED) is 0.340. The summed E-state index contributed by atoms with van der Waals surface area (Å²) >= 11 is 0. The number of fused-ring (bicyclic) bond motifs is 3. The summed E-state index contributed by atoms with van der Waals surface area (Å²) in [4.78, 5) is 2.40. The smallest absolute Gasteiger partial charge is 0.133 e. The summed E-state index contributed by atoms with van der Waals surface area (Å²) < 4.78 is 6.33. The van der Waals surface area contributed by atoms with E-state index in [4.69, 9.17) is 0 Å². The van der Waals surface area contributed by atoms with Gasteiger partial charge in [-0.3, -0.25) is 4.90 Å². The van der Waals surface area contributed by atoms with Crippen LogP contribution in [-0.4, -0.2) is 35.0 Å². The van der Waals surface area contributed by atoms with Crippen LogP contribution >= 0.6 is 0 Å². The maximum Gasteiger partial charge on any atom is 0.133 e. The molecule has 6 rings (SSSR count). The fourth-order valence-corrected chi connectivity index (χ4v) is 5.75. The van der Waals surface area contributed by atoms with Crippen LogP contribution in [0.4, 0.5) is 0 Å². The van der Waals surface area contributed by atoms with Crippen LogP contribution in [0.25, 0.3) is 11.0 Å². The highest BCUT2D eigenvalue weighted by Crippen LogP contribution is 2.27. The molecule has 5 aromatic rings. The van der Waals surface area contributed by atoms with Gasteiger partial charge in [0, 0.05) is 74.9 Å². The number of hydrogen-bond acceptors (Lipinski definition) is 5. The van der Waals surface area contributed by atoms with Gasteiger partial charge in [-0.15, -0.1) is 10.2 Å². The standard InChI is InChI=1S/C29H28N8/c1-2-28-32-33-29-10-9-21(16-37(28)29)15-34(17-22-19-35-11-5-3-7-26(35)24(22)13-30)18-23-20-36-12-6-4-8-27(36)25(23)14-31/h3-8,11-12,19-21H,2,9-10,15-18H2,1H3. The minimum atomic E-state index is 0.430. The number of aromatic nitrogens is 5. The fourth-order valence-electron chi connectivity index (χ4n) is 5.75. The molecule has 8 heteroatoms. The predicted molar refractivity (Wildman–Crippen MR) is 140 cm³/mol. The molecule has 0 aromatic carbocycles. The van der Waals surface area contributed by atoms with Crippen molar-refractivity contribution in [3.05, 3.63) is 95.1 Å². The molecule has 0 radical (unpaired) electrons. The van der Waals surface area contributed by atoms with E-state index in [1.165, 1.54) is 0 Å². The lowest BCUT2D eigenvalue weighted by molar-refractivity contribution is 0.186. The largest absolute Gasteiger partial charge is 0.322 e. The van der Waals surface area contributed by atoms with Crippen molar-refractivity contribution in [2.75, 3.05) is 6.54 Å². The van der Waals surface area contributed by atoms with Crippen molar-refractivity contribution in [2.45, 2.75) is 45.8 Å². The van der Waals surface area contributed by atoms with Crippen LogP contribution in [0, 0.1) is 28.6 Å². The third kappa shape index (κ3) is 4.16. The van der Waals surface area contributed by atoms with E-state index >= 15 is 0 Å². The van der Waals surface area contributed by atoms with Gasteiger partial charge >= 0.3 is 0 Å². The predicted octanol–water partition coefficient (Wildman–Crippen LogP) is 4.35. The molecule has 37 heavy (non-hydrogen) atoms. The van der Waals surface area contributed by atoms with Crippen molar-refractivity contribution in [2.24, 2.45) is 5.92 Å². The van der Waals surface area contributed by atoms with Crippen molar-refractivity contribution in [3.63, 3.8) is 0 Å². The Bertz CT molecular complexity index is 1560. The fraction of sp³-hybridized carbons (Fsp3) is 0.310. The number of rotatable bonds is 7. The van der Waals surface area contributed by atoms with E-state index < -0.39 is 0 Å². The molecule has 1 aliphatic rings. The van der Waals surface area contributed by atoms with Crippen molar-refractivity contribution in [3.8, 4) is 12.1 Å². The molecular weight excluding hydrogens is 460 g/mol. The van der Waals surface area contributed by atoms with Gasteiger partial charge in [0.1, 0.15) is 23.8 Å². The summed E-state index contributed by atoms with van der Waals surface area (Å²) in [6.45, 7) is 5.14. The zero-order valence-corrected chi connectivity index (χ0v) is 20.9. The first-order valence-corrected chi connectivity index (χ1v) is 12.8. The second kappa shape index (κ2) is 9.57. The van der Waals surface area contributed by atoms with Gasteiger partial charge < -0.3 is 13.4 Å². The highest BCUT2D eigenvalue weighted by molar-refractivity contribution is 5.66. The first kappa shape index (κ1) is 23.0. The molecule has 0 saturated heterocycles. The van der Waals surface area contributed by atoms with E-state index in [1.807, 2.05) is 57.6 Å². The maximum absolute atomic E-state index is 10.0. The van der Waals surface area contributed by atoms with Gasteiger partial charge in [0.2, 0.25) is 0 Å². The minimum absolute atomic E-state index is 0.430. The van der Waals surface area contributed by atoms with Gasteiger partial charge in [-0.05, 0) is 36.6 Å². The van der Waals surface area contributed by atoms with Crippen LogP contribution in [0.5, 0.6) is 0 Å². The molecule has 0 N–H and O–H groups in total. The van der Waals surface area contributed by atoms with E-state index in [-0.39, 0.29) is 0 Å².